The van der Waals surface area contributed by atoms with E-state index < -0.39 is 5.92 Å². The van der Waals surface area contributed by atoms with Gasteiger partial charge in [-0.3, -0.25) is 14.6 Å². The Morgan fingerprint density at radius 2 is 1.88 bits per heavy atom. The van der Waals surface area contributed by atoms with Crippen LogP contribution in [0.5, 0.6) is 5.75 Å². The molecular weight excluding hydrogens is 404 g/mol. The molecule has 0 radical (unpaired) electrons. The number of benzene rings is 2. The van der Waals surface area contributed by atoms with E-state index in [1.54, 1.807) is 18.2 Å². The standard InChI is InChI=1S/C25H26N4O3/c1-32-22-9-3-2-8-20(22)29-16-17(15-23(29)30)25(31)27-19-10-11-21(28-13-4-5-14-28)24-18(19)7-6-12-26-24/h2-3,6-12,17H,4-5,13-16H2,1H3,(H,27,31). The topological polar surface area (TPSA) is 74.8 Å². The molecule has 3 aromatic rings. The number of carbonyl (C=O) groups excluding carboxylic acids is 2. The fourth-order valence-electron chi connectivity index (χ4n) is 4.68. The fourth-order valence-corrected chi connectivity index (χ4v) is 4.68. The van der Waals surface area contributed by atoms with Gasteiger partial charge in [0.25, 0.3) is 0 Å². The summed E-state index contributed by atoms with van der Waals surface area (Å²) in [5, 5.41) is 3.97. The molecule has 2 aliphatic rings. The second-order valence-corrected chi connectivity index (χ2v) is 8.29. The van der Waals surface area contributed by atoms with Crippen LogP contribution in [-0.4, -0.2) is 43.5 Å². The van der Waals surface area contributed by atoms with Gasteiger partial charge < -0.3 is 19.9 Å². The van der Waals surface area contributed by atoms with Crippen LogP contribution in [0.4, 0.5) is 17.1 Å². The molecule has 0 bridgehead atoms. The molecule has 1 aromatic heterocycles. The van der Waals surface area contributed by atoms with E-state index in [9.17, 15) is 9.59 Å². The third-order valence-corrected chi connectivity index (χ3v) is 6.32. The first-order valence-electron chi connectivity index (χ1n) is 11.0. The summed E-state index contributed by atoms with van der Waals surface area (Å²) in [7, 11) is 1.58. The van der Waals surface area contributed by atoms with Crippen LogP contribution in [0.25, 0.3) is 10.9 Å². The summed E-state index contributed by atoms with van der Waals surface area (Å²) >= 11 is 0. The number of anilines is 3. The second-order valence-electron chi connectivity index (χ2n) is 8.29. The highest BCUT2D eigenvalue weighted by Crippen LogP contribution is 2.35. The van der Waals surface area contributed by atoms with Crippen molar-refractivity contribution in [2.45, 2.75) is 19.3 Å². The average Bonchev–Trinajstić information content (AvgIpc) is 3.49. The van der Waals surface area contributed by atoms with Gasteiger partial charge in [0, 0.05) is 37.6 Å². The summed E-state index contributed by atoms with van der Waals surface area (Å²) < 4.78 is 5.39. The maximum absolute atomic E-state index is 13.1. The molecule has 164 valence electrons. The van der Waals surface area contributed by atoms with Gasteiger partial charge in [0.2, 0.25) is 11.8 Å². The first-order chi connectivity index (χ1) is 15.7. The van der Waals surface area contributed by atoms with Crippen LogP contribution in [0, 0.1) is 5.92 Å². The van der Waals surface area contributed by atoms with Crippen molar-refractivity contribution >= 4 is 39.8 Å². The van der Waals surface area contributed by atoms with Crippen molar-refractivity contribution in [3.63, 3.8) is 0 Å². The average molecular weight is 431 g/mol. The summed E-state index contributed by atoms with van der Waals surface area (Å²) in [6.45, 7) is 2.38. The van der Waals surface area contributed by atoms with E-state index in [1.165, 1.54) is 12.8 Å². The van der Waals surface area contributed by atoms with Gasteiger partial charge in [0.15, 0.2) is 0 Å². The number of methoxy groups -OCH3 is 1. The minimum Gasteiger partial charge on any atom is -0.495 e. The zero-order valence-electron chi connectivity index (χ0n) is 18.1. The van der Waals surface area contributed by atoms with E-state index in [0.717, 1.165) is 35.4 Å². The number of hydrogen-bond donors (Lipinski definition) is 1. The monoisotopic (exact) mass is 430 g/mol. The molecule has 2 aromatic carbocycles. The molecule has 3 heterocycles. The maximum atomic E-state index is 13.1. The molecule has 2 amide bonds. The molecule has 32 heavy (non-hydrogen) atoms. The highest BCUT2D eigenvalue weighted by molar-refractivity contribution is 6.08. The van der Waals surface area contributed by atoms with Gasteiger partial charge in [-0.1, -0.05) is 12.1 Å². The predicted molar refractivity (Wildman–Crippen MR) is 125 cm³/mol. The van der Waals surface area contributed by atoms with Crippen molar-refractivity contribution in [3.8, 4) is 5.75 Å². The van der Waals surface area contributed by atoms with Crippen LogP contribution in [0.15, 0.2) is 54.7 Å². The third kappa shape index (κ3) is 3.64. The Kier molecular flexibility index (Phi) is 5.39. The van der Waals surface area contributed by atoms with Gasteiger partial charge in [-0.05, 0) is 49.2 Å². The first-order valence-corrected chi connectivity index (χ1v) is 11.0. The van der Waals surface area contributed by atoms with Crippen molar-refractivity contribution in [2.24, 2.45) is 5.92 Å². The summed E-state index contributed by atoms with van der Waals surface area (Å²) in [6, 6.07) is 15.2. The van der Waals surface area contributed by atoms with Gasteiger partial charge in [0.1, 0.15) is 5.75 Å². The molecule has 1 atom stereocenters. The Hall–Kier alpha value is -3.61. The number of rotatable bonds is 5. The molecule has 0 spiro atoms. The normalized spacial score (nSPS) is 18.4. The Labute approximate surface area is 187 Å². The van der Waals surface area contributed by atoms with E-state index in [-0.39, 0.29) is 18.2 Å². The van der Waals surface area contributed by atoms with Crippen molar-refractivity contribution in [1.29, 1.82) is 0 Å². The first kappa shape index (κ1) is 20.3. The lowest BCUT2D eigenvalue weighted by Crippen LogP contribution is -2.28. The zero-order chi connectivity index (χ0) is 22.1. The summed E-state index contributed by atoms with van der Waals surface area (Å²) in [5.41, 5.74) is 3.42. The molecule has 2 aliphatic heterocycles. The fraction of sp³-hybridized carbons (Fsp3) is 0.320. The predicted octanol–water partition coefficient (Wildman–Crippen LogP) is 3.84. The molecule has 2 fully saturated rings. The van der Waals surface area contributed by atoms with Gasteiger partial charge >= 0.3 is 0 Å². The number of carbonyl (C=O) groups is 2. The van der Waals surface area contributed by atoms with Gasteiger partial charge in [-0.2, -0.15) is 0 Å². The maximum Gasteiger partial charge on any atom is 0.229 e. The van der Waals surface area contributed by atoms with Crippen molar-refractivity contribution in [1.82, 2.24) is 4.98 Å². The largest absolute Gasteiger partial charge is 0.495 e. The highest BCUT2D eigenvalue weighted by Gasteiger charge is 2.36. The van der Waals surface area contributed by atoms with Gasteiger partial charge in [-0.15, -0.1) is 0 Å². The van der Waals surface area contributed by atoms with Gasteiger partial charge in [-0.25, -0.2) is 0 Å². The number of pyridine rings is 1. The van der Waals surface area contributed by atoms with Crippen LogP contribution in [0.2, 0.25) is 0 Å². The Balaban J connectivity index is 1.38. The molecule has 0 saturated carbocycles. The minimum atomic E-state index is -0.433. The summed E-state index contributed by atoms with van der Waals surface area (Å²) in [4.78, 5) is 34.4. The van der Waals surface area contributed by atoms with E-state index in [4.69, 9.17) is 4.74 Å². The molecule has 2 saturated heterocycles. The highest BCUT2D eigenvalue weighted by atomic mass is 16.5. The number of nitrogens with one attached hydrogen (secondary N) is 1. The van der Waals surface area contributed by atoms with E-state index in [0.29, 0.717) is 18.0 Å². The number of aromatic nitrogens is 1. The van der Waals surface area contributed by atoms with Gasteiger partial charge in [0.05, 0.1) is 35.6 Å². The van der Waals surface area contributed by atoms with E-state index in [2.05, 4.69) is 15.2 Å². The lowest BCUT2D eigenvalue weighted by molar-refractivity contribution is -0.122. The Bertz CT molecular complexity index is 1170. The number of fused-ring (bicyclic) bond motifs is 1. The minimum absolute atomic E-state index is 0.0782. The van der Waals surface area contributed by atoms with Crippen LogP contribution < -0.4 is 19.9 Å². The Morgan fingerprint density at radius 1 is 1.06 bits per heavy atom. The lowest BCUT2D eigenvalue weighted by atomic mass is 10.1. The van der Waals surface area contributed by atoms with E-state index >= 15 is 0 Å². The smallest absolute Gasteiger partial charge is 0.229 e. The Morgan fingerprint density at radius 3 is 2.69 bits per heavy atom. The van der Waals surface area contributed by atoms with Crippen molar-refractivity contribution in [3.05, 3.63) is 54.7 Å². The van der Waals surface area contributed by atoms with Crippen LogP contribution in [0.3, 0.4) is 0 Å². The molecule has 0 aliphatic carbocycles. The molecular formula is C25H26N4O3. The number of ether oxygens (including phenoxy) is 1. The van der Waals surface area contributed by atoms with Crippen LogP contribution in [0.1, 0.15) is 19.3 Å². The van der Waals surface area contributed by atoms with Crippen LogP contribution >= 0.6 is 0 Å². The number of para-hydroxylation sites is 2. The second kappa shape index (κ2) is 8.49. The number of nitrogens with zero attached hydrogens (tertiary/aromatic N) is 3. The number of hydrogen-bond acceptors (Lipinski definition) is 5. The summed E-state index contributed by atoms with van der Waals surface area (Å²) in [5.74, 6) is -0.0470. The van der Waals surface area contributed by atoms with Crippen LogP contribution in [-0.2, 0) is 9.59 Å². The molecule has 7 nitrogen and oxygen atoms in total. The molecule has 1 N–H and O–H groups in total. The lowest BCUT2D eigenvalue weighted by Gasteiger charge is -2.21. The molecule has 5 rings (SSSR count). The quantitative estimate of drug-likeness (QED) is 0.666. The third-order valence-electron chi connectivity index (χ3n) is 6.32. The van der Waals surface area contributed by atoms with E-state index in [1.807, 2.05) is 48.5 Å². The molecule has 1 unspecified atom stereocenters. The SMILES string of the molecule is COc1ccccc1N1CC(C(=O)Nc2ccc(N3CCCC3)c3ncccc23)CC1=O. The summed E-state index contributed by atoms with van der Waals surface area (Å²) in [6.07, 6.45) is 4.33. The molecule has 7 heteroatoms. The van der Waals surface area contributed by atoms with Crippen molar-refractivity contribution < 1.29 is 14.3 Å². The zero-order valence-corrected chi connectivity index (χ0v) is 18.1. The number of amides is 2. The van der Waals surface area contributed by atoms with Crippen molar-refractivity contribution in [2.75, 3.05) is 41.9 Å².